The zero-order chi connectivity index (χ0) is 24.2. The number of aliphatic hydroxyl groups excluding tert-OH is 1. The Kier molecular flexibility index (Phi) is 6.99. The molecule has 0 aromatic heterocycles. The van der Waals surface area contributed by atoms with Gasteiger partial charge in [0.25, 0.3) is 17.4 Å². The predicted molar refractivity (Wildman–Crippen MR) is 120 cm³/mol. The molecule has 9 nitrogen and oxygen atoms in total. The summed E-state index contributed by atoms with van der Waals surface area (Å²) in [6.45, 7) is 3.82. The van der Waals surface area contributed by atoms with E-state index in [0.717, 1.165) is 25.2 Å². The maximum absolute atomic E-state index is 13.4. The molecule has 0 radical (unpaired) electrons. The molecule has 1 N–H and O–H groups in total. The van der Waals surface area contributed by atoms with Crippen LogP contribution in [0, 0.1) is 15.9 Å². The van der Waals surface area contributed by atoms with E-state index in [1.165, 1.54) is 41.3 Å². The average Bonchev–Trinajstić information content (AvgIpc) is 3.10. The van der Waals surface area contributed by atoms with E-state index in [1.54, 1.807) is 0 Å². The van der Waals surface area contributed by atoms with Gasteiger partial charge in [0.15, 0.2) is 0 Å². The number of carbonyl (C=O) groups excluding carboxylic acids is 2. The summed E-state index contributed by atoms with van der Waals surface area (Å²) in [7, 11) is 0. The number of ether oxygens (including phenoxy) is 1. The van der Waals surface area contributed by atoms with Gasteiger partial charge in [-0.1, -0.05) is 0 Å². The summed E-state index contributed by atoms with van der Waals surface area (Å²) in [5.74, 6) is -2.53. The molecule has 0 spiro atoms. The second kappa shape index (κ2) is 10.1. The van der Waals surface area contributed by atoms with Crippen molar-refractivity contribution in [3.63, 3.8) is 0 Å². The molecule has 10 heteroatoms. The van der Waals surface area contributed by atoms with E-state index in [0.29, 0.717) is 31.7 Å². The monoisotopic (exact) mass is 469 g/mol. The Hall–Kier alpha value is -3.63. The van der Waals surface area contributed by atoms with Crippen molar-refractivity contribution in [2.75, 3.05) is 39.4 Å². The summed E-state index contributed by atoms with van der Waals surface area (Å²) < 4.78 is 18.7. The number of likely N-dealkylation sites (tertiary alicyclic amines) is 1. The summed E-state index contributed by atoms with van der Waals surface area (Å²) in [4.78, 5) is 40.1. The third-order valence-corrected chi connectivity index (χ3v) is 6.05. The number of non-ortho nitro benzene ring substituents is 1. The topological polar surface area (TPSA) is 113 Å². The van der Waals surface area contributed by atoms with Crippen LogP contribution in [0.25, 0.3) is 5.76 Å². The van der Waals surface area contributed by atoms with Crippen LogP contribution >= 0.6 is 0 Å². The second-order valence-electron chi connectivity index (χ2n) is 8.16. The van der Waals surface area contributed by atoms with Crippen LogP contribution in [0.15, 0.2) is 54.1 Å². The highest BCUT2D eigenvalue weighted by molar-refractivity contribution is 6.46. The van der Waals surface area contributed by atoms with Crippen molar-refractivity contribution in [2.24, 2.45) is 0 Å². The van der Waals surface area contributed by atoms with Gasteiger partial charge in [0.2, 0.25) is 0 Å². The van der Waals surface area contributed by atoms with Gasteiger partial charge >= 0.3 is 0 Å². The zero-order valence-electron chi connectivity index (χ0n) is 18.4. The number of nitro groups is 1. The number of carbonyl (C=O) groups is 2. The molecule has 34 heavy (non-hydrogen) atoms. The SMILES string of the molecule is O=C1C(=O)N(CCCN2CCOCC2)[C@H](c2ccc([N+](=O)[O-])cc2)/C1=C(\O)c1ccc(F)cc1. The quantitative estimate of drug-likeness (QED) is 0.218. The third-order valence-electron chi connectivity index (χ3n) is 6.05. The number of amides is 1. The van der Waals surface area contributed by atoms with Gasteiger partial charge in [-0.2, -0.15) is 0 Å². The van der Waals surface area contributed by atoms with Crippen LogP contribution in [0.4, 0.5) is 10.1 Å². The Balaban J connectivity index is 1.68. The van der Waals surface area contributed by atoms with Crippen LogP contribution in [0.3, 0.4) is 0 Å². The molecule has 0 bridgehead atoms. The van der Waals surface area contributed by atoms with E-state index in [2.05, 4.69) is 4.90 Å². The Bertz CT molecular complexity index is 1110. The van der Waals surface area contributed by atoms with Crippen LogP contribution in [0.1, 0.15) is 23.6 Å². The Labute approximate surface area is 195 Å². The number of nitrogens with zero attached hydrogens (tertiary/aromatic N) is 3. The number of morpholine rings is 1. The number of hydrogen-bond donors (Lipinski definition) is 1. The first kappa shape index (κ1) is 23.5. The van der Waals surface area contributed by atoms with Crippen LogP contribution in [0.5, 0.6) is 0 Å². The number of hydrogen-bond acceptors (Lipinski definition) is 7. The molecule has 2 fully saturated rings. The number of aliphatic hydroxyl groups is 1. The lowest BCUT2D eigenvalue weighted by atomic mass is 9.95. The van der Waals surface area contributed by atoms with E-state index < -0.39 is 34.2 Å². The number of benzene rings is 2. The van der Waals surface area contributed by atoms with Crippen LogP contribution in [0.2, 0.25) is 0 Å². The second-order valence-corrected chi connectivity index (χ2v) is 8.16. The molecule has 2 aromatic rings. The molecular weight excluding hydrogens is 445 g/mol. The Morgan fingerprint density at radius 3 is 2.32 bits per heavy atom. The molecule has 178 valence electrons. The molecule has 0 aliphatic carbocycles. The molecule has 0 saturated carbocycles. The lowest BCUT2D eigenvalue weighted by molar-refractivity contribution is -0.384. The van der Waals surface area contributed by atoms with E-state index in [-0.39, 0.29) is 23.4 Å². The molecule has 1 amide bonds. The first-order valence-corrected chi connectivity index (χ1v) is 11.0. The Morgan fingerprint density at radius 2 is 1.71 bits per heavy atom. The lowest BCUT2D eigenvalue weighted by Gasteiger charge is -2.29. The first-order valence-electron chi connectivity index (χ1n) is 11.0. The summed E-state index contributed by atoms with van der Waals surface area (Å²) in [5.41, 5.74) is 0.392. The van der Waals surface area contributed by atoms with Crippen LogP contribution in [-0.2, 0) is 14.3 Å². The molecule has 2 heterocycles. The fourth-order valence-electron chi connectivity index (χ4n) is 4.29. The average molecular weight is 469 g/mol. The zero-order valence-corrected chi connectivity index (χ0v) is 18.4. The molecule has 4 rings (SSSR count). The normalized spacial score (nSPS) is 20.6. The van der Waals surface area contributed by atoms with Gasteiger partial charge in [-0.25, -0.2) is 4.39 Å². The van der Waals surface area contributed by atoms with E-state index in [1.807, 2.05) is 0 Å². The minimum atomic E-state index is -0.921. The summed E-state index contributed by atoms with van der Waals surface area (Å²) >= 11 is 0. The van der Waals surface area contributed by atoms with Crippen LogP contribution < -0.4 is 0 Å². The largest absolute Gasteiger partial charge is 0.507 e. The highest BCUT2D eigenvalue weighted by Crippen LogP contribution is 2.39. The summed E-state index contributed by atoms with van der Waals surface area (Å²) in [6, 6.07) is 9.55. The fraction of sp³-hybridized carbons (Fsp3) is 0.333. The van der Waals surface area contributed by atoms with Crippen LogP contribution in [-0.4, -0.2) is 70.9 Å². The summed E-state index contributed by atoms with van der Waals surface area (Å²) in [5, 5.41) is 22.0. The van der Waals surface area contributed by atoms with Crippen molar-refractivity contribution in [1.82, 2.24) is 9.80 Å². The van der Waals surface area contributed by atoms with Gasteiger partial charge in [0.1, 0.15) is 11.6 Å². The van der Waals surface area contributed by atoms with E-state index in [4.69, 9.17) is 4.74 Å². The predicted octanol–water partition coefficient (Wildman–Crippen LogP) is 2.88. The minimum Gasteiger partial charge on any atom is -0.507 e. The number of nitro benzene ring substituents is 1. The van der Waals surface area contributed by atoms with Crippen molar-refractivity contribution in [3.05, 3.63) is 81.2 Å². The highest BCUT2D eigenvalue weighted by atomic mass is 19.1. The van der Waals surface area contributed by atoms with Gasteiger partial charge in [-0.15, -0.1) is 0 Å². The standard InChI is InChI=1S/C24H24FN3O6/c25-18-6-2-17(3-7-18)22(29)20-21(16-4-8-19(9-5-16)28(32)33)27(24(31)23(20)30)11-1-10-26-12-14-34-15-13-26/h2-9,21,29H,1,10-15H2/b22-20+/t21-/m1/s1. The van der Waals surface area contributed by atoms with Gasteiger partial charge in [-0.3, -0.25) is 24.6 Å². The molecular formula is C24H24FN3O6. The smallest absolute Gasteiger partial charge is 0.295 e. The summed E-state index contributed by atoms with van der Waals surface area (Å²) in [6.07, 6.45) is 0.590. The minimum absolute atomic E-state index is 0.128. The van der Waals surface area contributed by atoms with Gasteiger partial charge < -0.3 is 14.7 Å². The van der Waals surface area contributed by atoms with Crippen molar-refractivity contribution in [1.29, 1.82) is 0 Å². The number of ketones is 1. The van der Waals surface area contributed by atoms with E-state index in [9.17, 15) is 29.2 Å². The molecule has 2 aliphatic rings. The number of rotatable bonds is 7. The van der Waals surface area contributed by atoms with Crippen molar-refractivity contribution >= 4 is 23.1 Å². The third kappa shape index (κ3) is 4.82. The number of Topliss-reactive ketones (excluding diaryl/α,β-unsaturated/α-hetero) is 1. The van der Waals surface area contributed by atoms with Crippen molar-refractivity contribution in [2.45, 2.75) is 12.5 Å². The Morgan fingerprint density at radius 1 is 1.06 bits per heavy atom. The van der Waals surface area contributed by atoms with Crippen molar-refractivity contribution < 1.29 is 28.7 Å². The van der Waals surface area contributed by atoms with Gasteiger partial charge in [0.05, 0.1) is 29.8 Å². The van der Waals surface area contributed by atoms with Gasteiger partial charge in [0, 0.05) is 43.9 Å². The maximum Gasteiger partial charge on any atom is 0.295 e. The highest BCUT2D eigenvalue weighted by Gasteiger charge is 2.45. The maximum atomic E-state index is 13.4. The first-order chi connectivity index (χ1) is 16.4. The van der Waals surface area contributed by atoms with Gasteiger partial charge in [-0.05, 0) is 48.4 Å². The number of halogens is 1. The molecule has 2 saturated heterocycles. The molecule has 0 unspecified atom stereocenters. The lowest BCUT2D eigenvalue weighted by Crippen LogP contribution is -2.38. The van der Waals surface area contributed by atoms with E-state index >= 15 is 0 Å². The molecule has 2 aromatic carbocycles. The molecule has 1 atom stereocenters. The van der Waals surface area contributed by atoms with Crippen molar-refractivity contribution in [3.8, 4) is 0 Å². The fourth-order valence-corrected chi connectivity index (χ4v) is 4.29. The molecule has 2 aliphatic heterocycles.